The van der Waals surface area contributed by atoms with Crippen molar-refractivity contribution in [2.24, 2.45) is 0 Å². The summed E-state index contributed by atoms with van der Waals surface area (Å²) in [5.41, 5.74) is 3.25. The van der Waals surface area contributed by atoms with Crippen molar-refractivity contribution >= 4 is 50.1 Å². The van der Waals surface area contributed by atoms with Gasteiger partial charge in [-0.1, -0.05) is 36.4 Å². The summed E-state index contributed by atoms with van der Waals surface area (Å²) in [6.45, 7) is 0. The van der Waals surface area contributed by atoms with E-state index in [-0.39, 0.29) is 10.6 Å². The van der Waals surface area contributed by atoms with E-state index in [2.05, 4.69) is 28.8 Å². The third-order valence-electron chi connectivity index (χ3n) is 3.97. The molecule has 0 atom stereocenters. The maximum absolute atomic E-state index is 11.0. The molecule has 5 heteroatoms. The highest BCUT2D eigenvalue weighted by atomic mass is 127. The molecule has 4 nitrogen and oxygen atoms in total. The van der Waals surface area contributed by atoms with Gasteiger partial charge >= 0.3 is 0 Å². The lowest BCUT2D eigenvalue weighted by atomic mass is 10.2. The Hall–Kier alpha value is -2.41. The molecule has 0 saturated carbocycles. The van der Waals surface area contributed by atoms with Crippen molar-refractivity contribution in [3.8, 4) is 5.69 Å². The van der Waals surface area contributed by atoms with E-state index < -0.39 is 0 Å². The van der Waals surface area contributed by atoms with Gasteiger partial charge in [-0.05, 0) is 46.9 Å². The molecule has 4 aromatic rings. The normalized spacial score (nSPS) is 11.2. The van der Waals surface area contributed by atoms with Gasteiger partial charge in [-0.2, -0.15) is 0 Å². The molecule has 4 rings (SSSR count). The van der Waals surface area contributed by atoms with Crippen LogP contribution in [0.15, 0.2) is 66.7 Å². The maximum atomic E-state index is 11.0. The molecule has 0 aliphatic heterocycles. The first-order chi connectivity index (χ1) is 11.2. The van der Waals surface area contributed by atoms with E-state index in [4.69, 9.17) is 0 Å². The molecule has 0 radical (unpaired) electrons. The van der Waals surface area contributed by atoms with Crippen molar-refractivity contribution < 1.29 is 4.92 Å². The van der Waals surface area contributed by atoms with Crippen molar-refractivity contribution in [2.45, 2.75) is 0 Å². The average Bonchev–Trinajstić information content (AvgIpc) is 2.89. The van der Waals surface area contributed by atoms with Crippen LogP contribution in [-0.2, 0) is 0 Å². The molecule has 0 spiro atoms. The highest BCUT2D eigenvalue weighted by Crippen LogP contribution is 2.33. The number of nitrogens with zero attached hydrogens (tertiary/aromatic N) is 2. The zero-order chi connectivity index (χ0) is 16.0. The number of fused-ring (bicyclic) bond motifs is 3. The molecule has 0 aliphatic rings. The summed E-state index contributed by atoms with van der Waals surface area (Å²) in [6.07, 6.45) is 0. The standard InChI is InChI=1S/C18H11IN2O2/c19-15-11-12(9-10-18(15)21(22)23)20-16-7-3-1-5-13(16)14-6-2-4-8-17(14)20/h1-11H. The van der Waals surface area contributed by atoms with Gasteiger partial charge in [0.2, 0.25) is 0 Å². The highest BCUT2D eigenvalue weighted by molar-refractivity contribution is 14.1. The van der Waals surface area contributed by atoms with Gasteiger partial charge in [0.25, 0.3) is 5.69 Å². The molecule has 112 valence electrons. The summed E-state index contributed by atoms with van der Waals surface area (Å²) in [4.78, 5) is 10.7. The second kappa shape index (κ2) is 5.34. The van der Waals surface area contributed by atoms with E-state index in [1.807, 2.05) is 52.9 Å². The van der Waals surface area contributed by atoms with E-state index in [1.54, 1.807) is 12.1 Å². The van der Waals surface area contributed by atoms with Gasteiger partial charge in [-0.3, -0.25) is 10.1 Å². The second-order valence-corrected chi connectivity index (χ2v) is 6.42. The number of para-hydroxylation sites is 2. The summed E-state index contributed by atoms with van der Waals surface area (Å²) in [5, 5.41) is 13.4. The number of nitro groups is 1. The molecular weight excluding hydrogens is 403 g/mol. The van der Waals surface area contributed by atoms with Crippen molar-refractivity contribution in [2.75, 3.05) is 0 Å². The van der Waals surface area contributed by atoms with Gasteiger partial charge in [-0.15, -0.1) is 0 Å². The minimum absolute atomic E-state index is 0.134. The predicted octanol–water partition coefficient (Wildman–Crippen LogP) is 5.30. The Morgan fingerprint density at radius 3 is 1.96 bits per heavy atom. The molecule has 0 amide bonds. The number of hydrogen-bond donors (Lipinski definition) is 0. The fourth-order valence-electron chi connectivity index (χ4n) is 2.98. The number of benzene rings is 3. The van der Waals surface area contributed by atoms with Gasteiger partial charge in [-0.25, -0.2) is 0 Å². The van der Waals surface area contributed by atoms with Crippen LogP contribution in [0.5, 0.6) is 0 Å². The van der Waals surface area contributed by atoms with Crippen LogP contribution >= 0.6 is 22.6 Å². The Bertz CT molecular complexity index is 1020. The number of hydrogen-bond acceptors (Lipinski definition) is 2. The zero-order valence-corrected chi connectivity index (χ0v) is 14.1. The molecule has 0 N–H and O–H groups in total. The molecule has 0 saturated heterocycles. The van der Waals surface area contributed by atoms with Crippen molar-refractivity contribution in [1.29, 1.82) is 0 Å². The number of rotatable bonds is 2. The minimum Gasteiger partial charge on any atom is -0.309 e. The predicted molar refractivity (Wildman–Crippen MR) is 100 cm³/mol. The zero-order valence-electron chi connectivity index (χ0n) is 11.9. The Balaban J connectivity index is 2.08. The fraction of sp³-hybridized carbons (Fsp3) is 0. The number of nitro benzene ring substituents is 1. The van der Waals surface area contributed by atoms with Gasteiger partial charge in [0.1, 0.15) is 0 Å². The lowest BCUT2D eigenvalue weighted by Crippen LogP contribution is -1.97. The van der Waals surface area contributed by atoms with E-state index in [1.165, 1.54) is 10.8 Å². The largest absolute Gasteiger partial charge is 0.309 e. The summed E-state index contributed by atoms with van der Waals surface area (Å²) < 4.78 is 2.78. The first-order valence-electron chi connectivity index (χ1n) is 7.09. The van der Waals surface area contributed by atoms with Crippen LogP contribution in [0, 0.1) is 13.7 Å². The van der Waals surface area contributed by atoms with Crippen molar-refractivity contribution in [3.63, 3.8) is 0 Å². The molecule has 0 aliphatic carbocycles. The number of aromatic nitrogens is 1. The third-order valence-corrected chi connectivity index (χ3v) is 4.83. The summed E-state index contributed by atoms with van der Waals surface area (Å²) >= 11 is 2.02. The van der Waals surface area contributed by atoms with E-state index >= 15 is 0 Å². The van der Waals surface area contributed by atoms with Crippen LogP contribution in [0.4, 0.5) is 5.69 Å². The molecule has 0 bridgehead atoms. The SMILES string of the molecule is O=[N+]([O-])c1ccc(-n2c3ccccc3c3ccccc32)cc1I. The van der Waals surface area contributed by atoms with Gasteiger partial charge in [0, 0.05) is 22.5 Å². The topological polar surface area (TPSA) is 48.1 Å². The highest BCUT2D eigenvalue weighted by Gasteiger charge is 2.15. The van der Waals surface area contributed by atoms with Crippen LogP contribution in [0.25, 0.3) is 27.5 Å². The molecule has 1 aromatic heterocycles. The van der Waals surface area contributed by atoms with Crippen LogP contribution in [0.1, 0.15) is 0 Å². The smallest absolute Gasteiger partial charge is 0.282 e. The van der Waals surface area contributed by atoms with Crippen molar-refractivity contribution in [1.82, 2.24) is 4.57 Å². The van der Waals surface area contributed by atoms with Crippen molar-refractivity contribution in [3.05, 3.63) is 80.4 Å². The molecule has 1 heterocycles. The lowest BCUT2D eigenvalue weighted by molar-refractivity contribution is -0.385. The first kappa shape index (κ1) is 14.2. The van der Waals surface area contributed by atoms with E-state index in [0.717, 1.165) is 16.7 Å². The Kier molecular flexibility index (Phi) is 3.30. The molecule has 23 heavy (non-hydrogen) atoms. The van der Waals surface area contributed by atoms with Gasteiger partial charge < -0.3 is 4.57 Å². The van der Waals surface area contributed by atoms with Crippen LogP contribution < -0.4 is 0 Å². The van der Waals surface area contributed by atoms with Crippen LogP contribution in [0.3, 0.4) is 0 Å². The van der Waals surface area contributed by atoms with Crippen LogP contribution in [0.2, 0.25) is 0 Å². The van der Waals surface area contributed by atoms with Gasteiger partial charge in [0.05, 0.1) is 19.5 Å². The Morgan fingerprint density at radius 2 is 1.43 bits per heavy atom. The maximum Gasteiger partial charge on any atom is 0.282 e. The lowest BCUT2D eigenvalue weighted by Gasteiger charge is -2.08. The first-order valence-corrected chi connectivity index (χ1v) is 8.17. The van der Waals surface area contributed by atoms with E-state index in [9.17, 15) is 10.1 Å². The summed E-state index contributed by atoms with van der Waals surface area (Å²) in [6, 6.07) is 21.7. The second-order valence-electron chi connectivity index (χ2n) is 5.26. The number of halogens is 1. The molecule has 0 fully saturated rings. The fourth-order valence-corrected chi connectivity index (χ4v) is 3.68. The van der Waals surface area contributed by atoms with Crippen LogP contribution in [-0.4, -0.2) is 9.49 Å². The molecular formula is C18H11IN2O2. The average molecular weight is 414 g/mol. The molecule has 0 unspecified atom stereocenters. The molecule has 3 aromatic carbocycles. The van der Waals surface area contributed by atoms with E-state index in [0.29, 0.717) is 3.57 Å². The Labute approximate surface area is 145 Å². The minimum atomic E-state index is -0.350. The summed E-state index contributed by atoms with van der Waals surface area (Å²) in [7, 11) is 0. The monoisotopic (exact) mass is 414 g/mol. The Morgan fingerprint density at radius 1 is 0.870 bits per heavy atom. The quantitative estimate of drug-likeness (QED) is 0.254. The van der Waals surface area contributed by atoms with Gasteiger partial charge in [0.15, 0.2) is 0 Å². The summed E-state index contributed by atoms with van der Waals surface area (Å²) in [5.74, 6) is 0. The third kappa shape index (κ3) is 2.19.